The van der Waals surface area contributed by atoms with Crippen molar-refractivity contribution in [3.05, 3.63) is 18.3 Å². The van der Waals surface area contributed by atoms with E-state index in [1.165, 1.54) is 6.33 Å². The first kappa shape index (κ1) is 14.2. The molecule has 0 fully saturated rings. The van der Waals surface area contributed by atoms with Crippen molar-refractivity contribution in [2.75, 3.05) is 6.61 Å². The SMILES string of the molecule is CC(C)C1COC(c2ncnc3ncn([Si](C)(C)C)c23)=N1. The van der Waals surface area contributed by atoms with Gasteiger partial charge >= 0.3 is 0 Å². The zero-order valence-electron chi connectivity index (χ0n) is 13.2. The maximum atomic E-state index is 5.79. The Hall–Kier alpha value is -1.76. The minimum Gasteiger partial charge on any atom is -0.474 e. The highest BCUT2D eigenvalue weighted by Gasteiger charge is 2.28. The Morgan fingerprint density at radius 2 is 2.00 bits per heavy atom. The molecule has 0 spiro atoms. The van der Waals surface area contributed by atoms with Crippen LogP contribution in [0.4, 0.5) is 0 Å². The minimum absolute atomic E-state index is 0.202. The topological polar surface area (TPSA) is 65.2 Å². The van der Waals surface area contributed by atoms with Gasteiger partial charge in [0.15, 0.2) is 19.6 Å². The van der Waals surface area contributed by atoms with Crippen LogP contribution in [0.25, 0.3) is 11.2 Å². The fourth-order valence-electron chi connectivity index (χ4n) is 2.38. The summed E-state index contributed by atoms with van der Waals surface area (Å²) in [6.45, 7) is 11.7. The summed E-state index contributed by atoms with van der Waals surface area (Å²) in [5.41, 5.74) is 2.42. The smallest absolute Gasteiger partial charge is 0.238 e. The Balaban J connectivity index is 2.16. The number of hydrogen-bond acceptors (Lipinski definition) is 5. The number of aromatic nitrogens is 4. The molecule has 0 aliphatic carbocycles. The Labute approximate surface area is 125 Å². The summed E-state index contributed by atoms with van der Waals surface area (Å²) in [6.07, 6.45) is 3.40. The lowest BCUT2D eigenvalue weighted by molar-refractivity contribution is 0.291. The number of rotatable bonds is 3. The molecule has 0 bridgehead atoms. The van der Waals surface area contributed by atoms with Crippen molar-refractivity contribution in [2.45, 2.75) is 39.5 Å². The molecule has 3 rings (SSSR count). The van der Waals surface area contributed by atoms with Gasteiger partial charge in [-0.15, -0.1) is 0 Å². The summed E-state index contributed by atoms with van der Waals surface area (Å²) in [7, 11) is -1.60. The van der Waals surface area contributed by atoms with Crippen LogP contribution in [0, 0.1) is 5.92 Å². The summed E-state index contributed by atoms with van der Waals surface area (Å²) in [5, 5.41) is 0. The molecule has 1 aliphatic rings. The van der Waals surface area contributed by atoms with Gasteiger partial charge in [-0.25, -0.2) is 19.9 Å². The van der Waals surface area contributed by atoms with E-state index in [2.05, 4.69) is 57.7 Å². The molecule has 0 saturated carbocycles. The third-order valence-corrected chi connectivity index (χ3v) is 5.49. The molecule has 7 heteroatoms. The van der Waals surface area contributed by atoms with Crippen molar-refractivity contribution in [2.24, 2.45) is 10.9 Å². The summed E-state index contributed by atoms with van der Waals surface area (Å²) in [5.74, 6) is 1.09. The second kappa shape index (κ2) is 4.90. The highest BCUT2D eigenvalue weighted by Crippen LogP contribution is 2.23. The average Bonchev–Trinajstić information content (AvgIpc) is 3.04. The number of fused-ring (bicyclic) bond motifs is 1. The van der Waals surface area contributed by atoms with Gasteiger partial charge in [-0.2, -0.15) is 0 Å². The zero-order valence-corrected chi connectivity index (χ0v) is 14.2. The molecule has 3 heterocycles. The molecule has 0 N–H and O–H groups in total. The van der Waals surface area contributed by atoms with Gasteiger partial charge in [0.1, 0.15) is 18.5 Å². The van der Waals surface area contributed by atoms with Crippen molar-refractivity contribution in [3.8, 4) is 0 Å². The van der Waals surface area contributed by atoms with E-state index in [0.29, 0.717) is 24.1 Å². The molecule has 0 radical (unpaired) electrons. The van der Waals surface area contributed by atoms with Crippen LogP contribution in [0.1, 0.15) is 19.5 Å². The van der Waals surface area contributed by atoms with Gasteiger partial charge in [-0.05, 0) is 5.92 Å². The van der Waals surface area contributed by atoms with E-state index in [1.807, 2.05) is 6.33 Å². The Bertz CT molecular complexity index is 701. The van der Waals surface area contributed by atoms with Crippen LogP contribution in [-0.2, 0) is 4.74 Å². The van der Waals surface area contributed by atoms with Crippen LogP contribution in [0.15, 0.2) is 17.6 Å². The number of hydrogen-bond donors (Lipinski definition) is 0. The summed E-state index contributed by atoms with van der Waals surface area (Å²) < 4.78 is 8.01. The van der Waals surface area contributed by atoms with Crippen molar-refractivity contribution < 1.29 is 4.74 Å². The van der Waals surface area contributed by atoms with E-state index in [0.717, 1.165) is 11.2 Å². The van der Waals surface area contributed by atoms with Crippen LogP contribution in [0.3, 0.4) is 0 Å². The van der Waals surface area contributed by atoms with Crippen molar-refractivity contribution >= 4 is 25.3 Å². The molecule has 21 heavy (non-hydrogen) atoms. The van der Waals surface area contributed by atoms with E-state index in [-0.39, 0.29) is 6.04 Å². The first-order valence-electron chi connectivity index (χ1n) is 7.27. The van der Waals surface area contributed by atoms with E-state index >= 15 is 0 Å². The Morgan fingerprint density at radius 1 is 1.24 bits per heavy atom. The van der Waals surface area contributed by atoms with Crippen LogP contribution < -0.4 is 0 Å². The standard InChI is InChI=1S/C14H21N5OSi/c1-9(2)10-6-20-14(18-10)11-12-13(16-7-15-11)17-8-19(12)21(3,4)5/h7-10H,6H2,1-5H3. The lowest BCUT2D eigenvalue weighted by Crippen LogP contribution is -2.32. The lowest BCUT2D eigenvalue weighted by Gasteiger charge is -2.19. The molecule has 2 aromatic rings. The van der Waals surface area contributed by atoms with Crippen molar-refractivity contribution in [1.82, 2.24) is 19.2 Å². The predicted molar refractivity (Wildman–Crippen MR) is 85.2 cm³/mol. The molecule has 1 unspecified atom stereocenters. The van der Waals surface area contributed by atoms with Gasteiger partial charge in [0.2, 0.25) is 5.90 Å². The molecule has 0 saturated heterocycles. The fourth-order valence-corrected chi connectivity index (χ4v) is 3.66. The zero-order chi connectivity index (χ0) is 15.2. The molecule has 2 aromatic heterocycles. The second-order valence-electron chi connectivity index (χ2n) is 6.74. The Morgan fingerprint density at radius 3 is 2.62 bits per heavy atom. The van der Waals surface area contributed by atoms with E-state index in [1.54, 1.807) is 0 Å². The quantitative estimate of drug-likeness (QED) is 0.816. The van der Waals surface area contributed by atoms with Gasteiger partial charge in [-0.3, -0.25) is 0 Å². The van der Waals surface area contributed by atoms with E-state index < -0.39 is 8.24 Å². The third kappa shape index (κ3) is 2.46. The monoisotopic (exact) mass is 303 g/mol. The minimum atomic E-state index is -1.60. The number of aliphatic imine (C=N–C) groups is 1. The molecule has 1 aliphatic heterocycles. The molecular formula is C14H21N5OSi. The summed E-state index contributed by atoms with van der Waals surface area (Å²) in [4.78, 5) is 17.8. The average molecular weight is 303 g/mol. The van der Waals surface area contributed by atoms with Gasteiger partial charge < -0.3 is 8.97 Å². The maximum Gasteiger partial charge on any atom is 0.238 e. The van der Waals surface area contributed by atoms with Crippen LogP contribution in [-0.4, -0.2) is 46.0 Å². The molecule has 112 valence electrons. The van der Waals surface area contributed by atoms with Gasteiger partial charge in [0.25, 0.3) is 0 Å². The molecule has 1 atom stereocenters. The fraction of sp³-hybridized carbons (Fsp3) is 0.571. The van der Waals surface area contributed by atoms with Crippen LogP contribution >= 0.6 is 0 Å². The molecule has 0 amide bonds. The van der Waals surface area contributed by atoms with Gasteiger partial charge in [0.05, 0.1) is 12.4 Å². The second-order valence-corrected chi connectivity index (χ2v) is 11.6. The first-order valence-corrected chi connectivity index (χ1v) is 10.7. The number of ether oxygens (including phenoxy) is 1. The number of nitrogens with zero attached hydrogens (tertiary/aromatic N) is 5. The highest BCUT2D eigenvalue weighted by molar-refractivity contribution is 6.75. The maximum absolute atomic E-state index is 5.79. The van der Waals surface area contributed by atoms with Gasteiger partial charge in [-0.1, -0.05) is 33.5 Å². The normalized spacial score (nSPS) is 19.1. The lowest BCUT2D eigenvalue weighted by atomic mass is 10.1. The van der Waals surface area contributed by atoms with Crippen molar-refractivity contribution in [1.29, 1.82) is 0 Å². The first-order chi connectivity index (χ1) is 9.88. The summed E-state index contributed by atoms with van der Waals surface area (Å²) in [6, 6.07) is 0.202. The number of imidazole rings is 1. The molecular weight excluding hydrogens is 282 g/mol. The Kier molecular flexibility index (Phi) is 3.31. The molecule has 0 aromatic carbocycles. The highest BCUT2D eigenvalue weighted by atomic mass is 28.3. The van der Waals surface area contributed by atoms with Crippen LogP contribution in [0.5, 0.6) is 0 Å². The third-order valence-electron chi connectivity index (χ3n) is 3.71. The van der Waals surface area contributed by atoms with E-state index in [4.69, 9.17) is 4.74 Å². The van der Waals surface area contributed by atoms with Crippen molar-refractivity contribution in [3.63, 3.8) is 0 Å². The van der Waals surface area contributed by atoms with Crippen LogP contribution in [0.2, 0.25) is 19.6 Å². The molecule has 6 nitrogen and oxygen atoms in total. The van der Waals surface area contributed by atoms with E-state index in [9.17, 15) is 0 Å². The largest absolute Gasteiger partial charge is 0.474 e. The predicted octanol–water partition coefficient (Wildman–Crippen LogP) is 2.31. The summed E-state index contributed by atoms with van der Waals surface area (Å²) >= 11 is 0. The van der Waals surface area contributed by atoms with Gasteiger partial charge in [0, 0.05) is 0 Å².